The quantitative estimate of drug-likeness (QED) is 0.299. The van der Waals surface area contributed by atoms with E-state index in [1.807, 2.05) is 42.5 Å². The van der Waals surface area contributed by atoms with Crippen LogP contribution in [0.3, 0.4) is 0 Å². The third kappa shape index (κ3) is 3.88. The first-order chi connectivity index (χ1) is 17.4. The highest BCUT2D eigenvalue weighted by Gasteiger charge is 2.43. The van der Waals surface area contributed by atoms with Crippen molar-refractivity contribution in [1.29, 1.82) is 0 Å². The number of hydrogen-bond donors (Lipinski definition) is 0. The molecule has 0 aliphatic carbocycles. The number of nitro groups is 1. The third-order valence-electron chi connectivity index (χ3n) is 6.24. The van der Waals surface area contributed by atoms with Crippen LogP contribution in [0.2, 0.25) is 0 Å². The van der Waals surface area contributed by atoms with Gasteiger partial charge in [0.1, 0.15) is 17.9 Å². The zero-order chi connectivity index (χ0) is 25.4. The maximum atomic E-state index is 13.5. The van der Waals surface area contributed by atoms with Gasteiger partial charge in [-0.2, -0.15) is 5.10 Å². The first kappa shape index (κ1) is 22.9. The van der Waals surface area contributed by atoms with Crippen LogP contribution < -0.4 is 4.74 Å². The number of benzene rings is 3. The molecule has 3 aromatic rings. The van der Waals surface area contributed by atoms with Crippen LogP contribution in [0.5, 0.6) is 5.75 Å². The Labute approximate surface area is 205 Å². The average Bonchev–Trinajstić information content (AvgIpc) is 3.45. The van der Waals surface area contributed by atoms with Gasteiger partial charge in [0.05, 0.1) is 29.4 Å². The van der Waals surface area contributed by atoms with Gasteiger partial charge in [0.25, 0.3) is 23.4 Å². The highest BCUT2D eigenvalue weighted by Crippen LogP contribution is 2.35. The molecule has 10 nitrogen and oxygen atoms in total. The smallest absolute Gasteiger partial charge is 0.282 e. The number of carbonyl (C=O) groups excluding carboxylic acids is 3. The predicted molar refractivity (Wildman–Crippen MR) is 129 cm³/mol. The van der Waals surface area contributed by atoms with Gasteiger partial charge in [0, 0.05) is 12.5 Å². The second kappa shape index (κ2) is 9.06. The number of hydrogen-bond acceptors (Lipinski definition) is 7. The van der Waals surface area contributed by atoms with Crippen molar-refractivity contribution in [2.24, 2.45) is 5.10 Å². The molecule has 0 N–H and O–H groups in total. The molecule has 2 heterocycles. The summed E-state index contributed by atoms with van der Waals surface area (Å²) in [6, 6.07) is 20.0. The van der Waals surface area contributed by atoms with Crippen molar-refractivity contribution in [3.8, 4) is 5.75 Å². The van der Waals surface area contributed by atoms with Crippen LogP contribution in [0.1, 0.15) is 44.3 Å². The van der Waals surface area contributed by atoms with Gasteiger partial charge in [-0.05, 0) is 29.3 Å². The Hall–Kier alpha value is -4.86. The van der Waals surface area contributed by atoms with Crippen molar-refractivity contribution in [3.63, 3.8) is 0 Å². The molecule has 0 unspecified atom stereocenters. The van der Waals surface area contributed by atoms with Gasteiger partial charge >= 0.3 is 0 Å². The van der Waals surface area contributed by atoms with Gasteiger partial charge in [-0.15, -0.1) is 0 Å². The summed E-state index contributed by atoms with van der Waals surface area (Å²) in [6.07, 6.45) is 0.426. The molecule has 0 fully saturated rings. The van der Waals surface area contributed by atoms with Gasteiger partial charge in [-0.3, -0.25) is 29.4 Å². The van der Waals surface area contributed by atoms with E-state index in [9.17, 15) is 24.5 Å². The van der Waals surface area contributed by atoms with Crippen LogP contribution >= 0.6 is 0 Å². The lowest BCUT2D eigenvalue weighted by molar-refractivity contribution is -0.385. The number of ether oxygens (including phenoxy) is 1. The zero-order valence-electron chi connectivity index (χ0n) is 19.2. The first-order valence-electron chi connectivity index (χ1n) is 11.1. The number of nitrogens with zero attached hydrogens (tertiary/aromatic N) is 4. The zero-order valence-corrected chi connectivity index (χ0v) is 19.2. The summed E-state index contributed by atoms with van der Waals surface area (Å²) >= 11 is 0. The fourth-order valence-corrected chi connectivity index (χ4v) is 4.45. The fraction of sp³-hybridized carbons (Fsp3) is 0.154. The van der Waals surface area contributed by atoms with E-state index >= 15 is 0 Å². The monoisotopic (exact) mass is 484 g/mol. The molecule has 0 saturated heterocycles. The Morgan fingerprint density at radius 1 is 1.03 bits per heavy atom. The number of nitro benzene ring substituents is 1. The first-order valence-corrected chi connectivity index (χ1v) is 11.1. The predicted octanol–water partition coefficient (Wildman–Crippen LogP) is 3.58. The molecule has 0 aromatic heterocycles. The topological polar surface area (TPSA) is 122 Å². The molecular weight excluding hydrogens is 464 g/mol. The molecule has 3 amide bonds. The molecule has 36 heavy (non-hydrogen) atoms. The van der Waals surface area contributed by atoms with E-state index in [0.717, 1.165) is 22.1 Å². The molecule has 2 aliphatic heterocycles. The normalized spacial score (nSPS) is 16.7. The van der Waals surface area contributed by atoms with Gasteiger partial charge in [0.15, 0.2) is 0 Å². The second-order valence-electron chi connectivity index (χ2n) is 8.30. The van der Waals surface area contributed by atoms with Gasteiger partial charge in [-0.25, -0.2) is 5.01 Å². The Morgan fingerprint density at radius 2 is 1.75 bits per heavy atom. The van der Waals surface area contributed by atoms with E-state index in [1.165, 1.54) is 17.1 Å². The molecule has 10 heteroatoms. The van der Waals surface area contributed by atoms with Crippen molar-refractivity contribution >= 4 is 29.1 Å². The molecule has 2 aliphatic rings. The highest BCUT2D eigenvalue weighted by atomic mass is 16.6. The molecule has 0 radical (unpaired) electrons. The lowest BCUT2D eigenvalue weighted by Gasteiger charge is -2.24. The van der Waals surface area contributed by atoms with Crippen molar-refractivity contribution < 1.29 is 24.0 Å². The summed E-state index contributed by atoms with van der Waals surface area (Å²) < 4.78 is 5.23. The maximum absolute atomic E-state index is 13.5. The number of carbonyl (C=O) groups is 3. The van der Waals surface area contributed by atoms with E-state index in [0.29, 0.717) is 17.9 Å². The summed E-state index contributed by atoms with van der Waals surface area (Å²) in [5, 5.41) is 17.2. The third-order valence-corrected chi connectivity index (χ3v) is 6.24. The van der Waals surface area contributed by atoms with Gasteiger partial charge in [0.2, 0.25) is 0 Å². The fourth-order valence-electron chi connectivity index (χ4n) is 4.45. The lowest BCUT2D eigenvalue weighted by Crippen LogP contribution is -2.41. The minimum absolute atomic E-state index is 0.0939. The Morgan fingerprint density at radius 3 is 2.42 bits per heavy atom. The molecule has 0 saturated carbocycles. The Bertz CT molecular complexity index is 1420. The maximum Gasteiger partial charge on any atom is 0.282 e. The summed E-state index contributed by atoms with van der Waals surface area (Å²) in [5.74, 6) is -1.55. The van der Waals surface area contributed by atoms with Crippen LogP contribution in [0.15, 0.2) is 77.9 Å². The molecule has 0 spiro atoms. The van der Waals surface area contributed by atoms with Crippen LogP contribution in [0.25, 0.3) is 0 Å². The minimum atomic E-state index is -0.872. The Kier molecular flexibility index (Phi) is 5.77. The molecule has 0 bridgehead atoms. The van der Waals surface area contributed by atoms with Crippen molar-refractivity contribution in [2.45, 2.75) is 12.5 Å². The summed E-state index contributed by atoms with van der Waals surface area (Å²) in [6.45, 7) is -0.596. The molecule has 180 valence electrons. The van der Waals surface area contributed by atoms with Crippen molar-refractivity contribution in [3.05, 3.63) is 105 Å². The van der Waals surface area contributed by atoms with Crippen molar-refractivity contribution in [1.82, 2.24) is 9.91 Å². The molecular formula is C26H20N4O6. The van der Waals surface area contributed by atoms with Gasteiger partial charge < -0.3 is 4.74 Å². The number of fused-ring (bicyclic) bond motifs is 1. The van der Waals surface area contributed by atoms with Crippen LogP contribution in [0.4, 0.5) is 5.69 Å². The standard InChI is InChI=1S/C26H20N4O6/c1-36-18-12-10-17(11-13-18)22-14-20(16-6-3-2-4-7-16)27-29(22)23(31)15-28-25(32)19-8-5-9-21(30(34)35)24(19)26(28)33/h2-13,22H,14-15H2,1H3/t22-/m0/s1. The van der Waals surface area contributed by atoms with Crippen LogP contribution in [-0.4, -0.2) is 51.9 Å². The van der Waals surface area contributed by atoms with Crippen LogP contribution in [-0.2, 0) is 4.79 Å². The number of imide groups is 1. The molecule has 3 aromatic carbocycles. The number of hydrazone groups is 1. The lowest BCUT2D eigenvalue weighted by atomic mass is 9.98. The average molecular weight is 484 g/mol. The van der Waals surface area contributed by atoms with E-state index in [4.69, 9.17) is 4.74 Å². The van der Waals surface area contributed by atoms with E-state index < -0.39 is 40.9 Å². The second-order valence-corrected chi connectivity index (χ2v) is 8.30. The van der Waals surface area contributed by atoms with Gasteiger partial charge in [-0.1, -0.05) is 48.5 Å². The van der Waals surface area contributed by atoms with E-state index in [2.05, 4.69) is 5.10 Å². The molecule has 1 atom stereocenters. The number of rotatable bonds is 6. The van der Waals surface area contributed by atoms with E-state index in [-0.39, 0.29) is 11.1 Å². The van der Waals surface area contributed by atoms with Crippen molar-refractivity contribution in [2.75, 3.05) is 13.7 Å². The minimum Gasteiger partial charge on any atom is -0.497 e. The largest absolute Gasteiger partial charge is 0.497 e. The van der Waals surface area contributed by atoms with Crippen LogP contribution in [0, 0.1) is 10.1 Å². The summed E-state index contributed by atoms with van der Waals surface area (Å²) in [5.41, 5.74) is 1.47. The number of methoxy groups -OCH3 is 1. The number of amides is 3. The SMILES string of the molecule is COc1ccc([C@@H]2CC(c3ccccc3)=NN2C(=O)CN2C(=O)c3cccc([N+](=O)[O-])c3C2=O)cc1. The molecule has 5 rings (SSSR count). The Balaban J connectivity index is 1.46. The highest BCUT2D eigenvalue weighted by molar-refractivity contribution is 6.24. The van der Waals surface area contributed by atoms with E-state index in [1.54, 1.807) is 19.2 Å². The summed E-state index contributed by atoms with van der Waals surface area (Å²) in [4.78, 5) is 50.7. The summed E-state index contributed by atoms with van der Waals surface area (Å²) in [7, 11) is 1.56.